The van der Waals surface area contributed by atoms with E-state index < -0.39 is 9.84 Å². The number of hydrogen-bond donors (Lipinski definition) is 2. The summed E-state index contributed by atoms with van der Waals surface area (Å²) in [6.07, 6.45) is 4.70. The molecule has 3 aromatic heterocycles. The topological polar surface area (TPSA) is 109 Å². The van der Waals surface area contributed by atoms with Crippen LogP contribution in [0.1, 0.15) is 16.1 Å². The molecular formula is C23H19N5O3S. The Morgan fingerprint density at radius 3 is 2.62 bits per heavy atom. The Morgan fingerprint density at radius 2 is 1.84 bits per heavy atom. The van der Waals surface area contributed by atoms with Gasteiger partial charge >= 0.3 is 0 Å². The van der Waals surface area contributed by atoms with Crippen LogP contribution in [-0.2, 0) is 9.84 Å². The quantitative estimate of drug-likeness (QED) is 0.437. The molecule has 160 valence electrons. The van der Waals surface area contributed by atoms with Crippen LogP contribution in [0.4, 0.5) is 5.95 Å². The molecule has 0 saturated carbocycles. The highest BCUT2D eigenvalue weighted by Gasteiger charge is 2.15. The Bertz CT molecular complexity index is 1620. The number of aryl methyl sites for hydroxylation is 1. The normalized spacial score (nSPS) is 11.8. The summed E-state index contributed by atoms with van der Waals surface area (Å²) in [5.41, 5.74) is 4.99. The first-order chi connectivity index (χ1) is 15.3. The van der Waals surface area contributed by atoms with Crippen molar-refractivity contribution in [3.8, 4) is 11.1 Å². The lowest BCUT2D eigenvalue weighted by molar-refractivity contribution is 0.102. The molecule has 0 aliphatic heterocycles. The number of pyridine rings is 1. The monoisotopic (exact) mass is 445 g/mol. The number of aromatic nitrogens is 4. The SMILES string of the molecule is Cc1cccn2cc(C(=O)Nc3nc4ccc(-c5cccc(S(C)(=O)=O)c5)cc4[nH]3)nc12. The maximum Gasteiger partial charge on any atom is 0.278 e. The lowest BCUT2D eigenvalue weighted by Crippen LogP contribution is -2.13. The zero-order chi connectivity index (χ0) is 22.5. The van der Waals surface area contributed by atoms with E-state index in [-0.39, 0.29) is 16.5 Å². The Balaban J connectivity index is 1.44. The molecule has 0 radical (unpaired) electrons. The minimum absolute atomic E-state index is 0.260. The minimum Gasteiger partial charge on any atom is -0.324 e. The Labute approximate surface area is 183 Å². The molecule has 0 unspecified atom stereocenters. The largest absolute Gasteiger partial charge is 0.324 e. The molecule has 8 nitrogen and oxygen atoms in total. The summed E-state index contributed by atoms with van der Waals surface area (Å²) >= 11 is 0. The maximum absolute atomic E-state index is 12.7. The standard InChI is InChI=1S/C23H19N5O3S/c1-14-5-4-10-28-13-20(24-21(14)28)22(29)27-23-25-18-9-8-16(12-19(18)26-23)15-6-3-7-17(11-15)32(2,30)31/h3-13H,1-2H3,(H2,25,26,27,29). The third-order valence-electron chi connectivity index (χ3n) is 5.22. The number of anilines is 1. The van der Waals surface area contributed by atoms with Gasteiger partial charge in [-0.05, 0) is 53.9 Å². The van der Waals surface area contributed by atoms with Crippen LogP contribution in [-0.4, -0.2) is 39.9 Å². The molecule has 0 bridgehead atoms. The van der Waals surface area contributed by atoms with E-state index in [1.54, 1.807) is 28.8 Å². The van der Waals surface area contributed by atoms with Crippen LogP contribution < -0.4 is 5.32 Å². The first-order valence-corrected chi connectivity index (χ1v) is 11.7. The molecule has 3 heterocycles. The molecule has 2 aromatic carbocycles. The summed E-state index contributed by atoms with van der Waals surface area (Å²) in [6.45, 7) is 1.94. The first kappa shape index (κ1) is 20.0. The van der Waals surface area contributed by atoms with Gasteiger partial charge in [0.2, 0.25) is 5.95 Å². The van der Waals surface area contributed by atoms with Crippen molar-refractivity contribution in [3.05, 3.63) is 78.2 Å². The first-order valence-electron chi connectivity index (χ1n) is 9.84. The summed E-state index contributed by atoms with van der Waals surface area (Å²) in [4.78, 5) is 24.9. The summed E-state index contributed by atoms with van der Waals surface area (Å²) in [7, 11) is -3.30. The van der Waals surface area contributed by atoms with Crippen LogP contribution in [0.15, 0.2) is 71.9 Å². The highest BCUT2D eigenvalue weighted by atomic mass is 32.2. The van der Waals surface area contributed by atoms with Gasteiger partial charge in [0.25, 0.3) is 5.91 Å². The smallest absolute Gasteiger partial charge is 0.278 e. The van der Waals surface area contributed by atoms with Crippen molar-refractivity contribution in [1.29, 1.82) is 0 Å². The Morgan fingerprint density at radius 1 is 1.03 bits per heavy atom. The number of nitrogens with zero attached hydrogens (tertiary/aromatic N) is 3. The molecule has 0 saturated heterocycles. The van der Waals surface area contributed by atoms with Gasteiger partial charge in [0.15, 0.2) is 9.84 Å². The fourth-order valence-electron chi connectivity index (χ4n) is 3.59. The van der Waals surface area contributed by atoms with Crippen molar-refractivity contribution in [1.82, 2.24) is 19.4 Å². The second-order valence-electron chi connectivity index (χ2n) is 7.62. The summed E-state index contributed by atoms with van der Waals surface area (Å²) in [6, 6.07) is 16.2. The van der Waals surface area contributed by atoms with Crippen LogP contribution in [0.25, 0.3) is 27.8 Å². The number of imidazole rings is 2. The number of hydrogen-bond acceptors (Lipinski definition) is 5. The minimum atomic E-state index is -3.30. The fraction of sp³-hybridized carbons (Fsp3) is 0.0870. The van der Waals surface area contributed by atoms with Gasteiger partial charge in [-0.25, -0.2) is 18.4 Å². The summed E-state index contributed by atoms with van der Waals surface area (Å²) < 4.78 is 25.5. The van der Waals surface area contributed by atoms with E-state index in [9.17, 15) is 13.2 Å². The maximum atomic E-state index is 12.7. The van der Waals surface area contributed by atoms with E-state index in [1.165, 1.54) is 6.26 Å². The number of carbonyl (C=O) groups excluding carboxylic acids is 1. The summed E-state index contributed by atoms with van der Waals surface area (Å²) in [5.74, 6) is -0.0611. The van der Waals surface area contributed by atoms with Gasteiger partial charge in [-0.2, -0.15) is 0 Å². The zero-order valence-electron chi connectivity index (χ0n) is 17.3. The Hall–Kier alpha value is -3.98. The highest BCUT2D eigenvalue weighted by molar-refractivity contribution is 7.90. The molecule has 0 fully saturated rings. The summed E-state index contributed by atoms with van der Waals surface area (Å²) in [5, 5.41) is 2.76. The van der Waals surface area contributed by atoms with E-state index in [2.05, 4.69) is 20.3 Å². The number of benzene rings is 2. The second-order valence-corrected chi connectivity index (χ2v) is 9.64. The lowest BCUT2D eigenvalue weighted by Gasteiger charge is -2.04. The van der Waals surface area contributed by atoms with Gasteiger partial charge in [0.1, 0.15) is 11.3 Å². The molecule has 1 amide bonds. The van der Waals surface area contributed by atoms with Crippen molar-refractivity contribution in [2.24, 2.45) is 0 Å². The molecule has 0 aliphatic rings. The average molecular weight is 446 g/mol. The molecule has 0 atom stereocenters. The number of aromatic amines is 1. The van der Waals surface area contributed by atoms with Crippen LogP contribution in [0.3, 0.4) is 0 Å². The molecule has 0 spiro atoms. The third-order valence-corrected chi connectivity index (χ3v) is 6.33. The van der Waals surface area contributed by atoms with Gasteiger partial charge in [0, 0.05) is 18.6 Å². The second kappa shape index (κ2) is 7.31. The molecule has 32 heavy (non-hydrogen) atoms. The van der Waals surface area contributed by atoms with Crippen LogP contribution in [0.5, 0.6) is 0 Å². The molecule has 0 aliphatic carbocycles. The lowest BCUT2D eigenvalue weighted by atomic mass is 10.1. The van der Waals surface area contributed by atoms with Crippen LogP contribution >= 0.6 is 0 Å². The number of carbonyl (C=O) groups is 1. The van der Waals surface area contributed by atoms with Crippen molar-refractivity contribution >= 4 is 38.4 Å². The number of H-pyrrole nitrogens is 1. The molecule has 2 N–H and O–H groups in total. The average Bonchev–Trinajstić information content (AvgIpc) is 3.37. The van der Waals surface area contributed by atoms with E-state index in [0.717, 1.165) is 22.3 Å². The van der Waals surface area contributed by atoms with Gasteiger partial charge in [0.05, 0.1) is 15.9 Å². The van der Waals surface area contributed by atoms with Gasteiger partial charge in [-0.15, -0.1) is 0 Å². The van der Waals surface area contributed by atoms with Crippen LogP contribution in [0.2, 0.25) is 0 Å². The van der Waals surface area contributed by atoms with Gasteiger partial charge < -0.3 is 9.38 Å². The number of nitrogens with one attached hydrogen (secondary N) is 2. The number of rotatable bonds is 4. The number of fused-ring (bicyclic) bond motifs is 2. The molecule has 5 rings (SSSR count). The van der Waals surface area contributed by atoms with E-state index in [0.29, 0.717) is 17.0 Å². The fourth-order valence-corrected chi connectivity index (χ4v) is 4.26. The van der Waals surface area contributed by atoms with Crippen molar-refractivity contribution in [2.45, 2.75) is 11.8 Å². The highest BCUT2D eigenvalue weighted by Crippen LogP contribution is 2.26. The van der Waals surface area contributed by atoms with E-state index >= 15 is 0 Å². The molecule has 5 aromatic rings. The van der Waals surface area contributed by atoms with E-state index in [4.69, 9.17) is 0 Å². The Kier molecular flexibility index (Phi) is 4.56. The van der Waals surface area contributed by atoms with Crippen molar-refractivity contribution in [3.63, 3.8) is 0 Å². The van der Waals surface area contributed by atoms with Gasteiger partial charge in [-0.1, -0.05) is 24.3 Å². The van der Waals surface area contributed by atoms with Crippen molar-refractivity contribution < 1.29 is 13.2 Å². The van der Waals surface area contributed by atoms with Gasteiger partial charge in [-0.3, -0.25) is 10.1 Å². The molecule has 9 heteroatoms. The number of sulfone groups is 1. The zero-order valence-corrected chi connectivity index (χ0v) is 18.1. The predicted octanol–water partition coefficient (Wildman–Crippen LogP) is 3.84. The number of amides is 1. The molecular weight excluding hydrogens is 426 g/mol. The predicted molar refractivity (Wildman–Crippen MR) is 123 cm³/mol. The van der Waals surface area contributed by atoms with Crippen molar-refractivity contribution in [2.75, 3.05) is 11.6 Å². The van der Waals surface area contributed by atoms with Crippen LogP contribution in [0, 0.1) is 6.92 Å². The third kappa shape index (κ3) is 3.63. The van der Waals surface area contributed by atoms with E-state index in [1.807, 2.05) is 49.5 Å².